The van der Waals surface area contributed by atoms with Crippen LogP contribution in [0.3, 0.4) is 0 Å². The van der Waals surface area contributed by atoms with Crippen molar-refractivity contribution in [2.75, 3.05) is 18.8 Å². The molecule has 4 N–H and O–H groups in total. The van der Waals surface area contributed by atoms with Crippen molar-refractivity contribution in [3.8, 4) is 0 Å². The van der Waals surface area contributed by atoms with Gasteiger partial charge in [-0.1, -0.05) is 12.1 Å². The lowest BCUT2D eigenvalue weighted by molar-refractivity contribution is -0.130. The van der Waals surface area contributed by atoms with Crippen LogP contribution < -0.4 is 11.5 Å². The maximum atomic E-state index is 11.4. The van der Waals surface area contributed by atoms with Gasteiger partial charge in [-0.05, 0) is 24.1 Å². The van der Waals surface area contributed by atoms with Crippen molar-refractivity contribution in [1.29, 1.82) is 0 Å². The molecule has 2 atom stereocenters. The molecule has 0 unspecified atom stereocenters. The molecule has 4 heteroatoms. The second kappa shape index (κ2) is 4.75. The second-order valence-corrected chi connectivity index (χ2v) is 4.69. The predicted molar refractivity (Wildman–Crippen MR) is 68.4 cm³/mol. The van der Waals surface area contributed by atoms with E-state index >= 15 is 0 Å². The number of piperidine rings is 1. The molecule has 1 aliphatic rings. The number of hydrogen-bond donors (Lipinski definition) is 2. The maximum Gasteiger partial charge on any atom is 0.219 e. The van der Waals surface area contributed by atoms with Gasteiger partial charge in [0, 0.05) is 37.7 Å². The molecule has 1 amide bonds. The summed E-state index contributed by atoms with van der Waals surface area (Å²) in [5.41, 5.74) is 13.7. The molecular weight excluding hydrogens is 214 g/mol. The van der Waals surface area contributed by atoms with Crippen LogP contribution in [0.5, 0.6) is 0 Å². The number of hydrogen-bond acceptors (Lipinski definition) is 3. The van der Waals surface area contributed by atoms with Crippen molar-refractivity contribution in [2.45, 2.75) is 25.3 Å². The predicted octanol–water partition coefficient (Wildman–Crippen LogP) is 0.932. The van der Waals surface area contributed by atoms with E-state index in [0.717, 1.165) is 24.2 Å². The van der Waals surface area contributed by atoms with Gasteiger partial charge in [0.1, 0.15) is 0 Å². The Hall–Kier alpha value is -1.55. The minimum absolute atomic E-state index is 0.120. The minimum atomic E-state index is 0.120. The molecule has 0 saturated carbocycles. The highest BCUT2D eigenvalue weighted by Gasteiger charge is 2.28. The molecule has 1 fully saturated rings. The smallest absolute Gasteiger partial charge is 0.219 e. The number of anilines is 1. The van der Waals surface area contributed by atoms with Gasteiger partial charge in [-0.15, -0.1) is 0 Å². The molecule has 1 aliphatic heterocycles. The van der Waals surface area contributed by atoms with E-state index in [2.05, 4.69) is 0 Å². The standard InChI is InChI=1S/C13H19N3O/c1-9(17)16-7-6-13(15)12(8-16)10-2-4-11(14)5-3-10/h2-5,12-13H,6-8,14-15H2,1H3/t12-,13+/m0/s1. The summed E-state index contributed by atoms with van der Waals surface area (Å²) in [5.74, 6) is 0.339. The summed E-state index contributed by atoms with van der Waals surface area (Å²) in [4.78, 5) is 13.3. The molecule has 2 rings (SSSR count). The van der Waals surface area contributed by atoms with E-state index in [1.54, 1.807) is 6.92 Å². The van der Waals surface area contributed by atoms with Gasteiger partial charge in [0.05, 0.1) is 0 Å². The molecule has 4 nitrogen and oxygen atoms in total. The third kappa shape index (κ3) is 2.58. The van der Waals surface area contributed by atoms with Crippen molar-refractivity contribution in [3.63, 3.8) is 0 Å². The lowest BCUT2D eigenvalue weighted by atomic mass is 9.86. The van der Waals surface area contributed by atoms with Gasteiger partial charge in [-0.2, -0.15) is 0 Å². The van der Waals surface area contributed by atoms with Gasteiger partial charge in [0.2, 0.25) is 5.91 Å². The first kappa shape index (κ1) is 11.9. The van der Waals surface area contributed by atoms with E-state index in [1.807, 2.05) is 29.2 Å². The van der Waals surface area contributed by atoms with Crippen molar-refractivity contribution < 1.29 is 4.79 Å². The molecule has 0 radical (unpaired) electrons. The maximum absolute atomic E-state index is 11.4. The molecule has 0 spiro atoms. The molecule has 1 heterocycles. The summed E-state index contributed by atoms with van der Waals surface area (Å²) in [7, 11) is 0. The molecule has 0 aliphatic carbocycles. The van der Waals surface area contributed by atoms with Crippen LogP contribution in [0.1, 0.15) is 24.8 Å². The van der Waals surface area contributed by atoms with Crippen LogP contribution in [-0.2, 0) is 4.79 Å². The number of nitrogens with two attached hydrogens (primary N) is 2. The first-order valence-corrected chi connectivity index (χ1v) is 5.94. The Kier molecular flexibility index (Phi) is 3.33. The number of carbonyl (C=O) groups excluding carboxylic acids is 1. The number of nitrogens with zero attached hydrogens (tertiary/aromatic N) is 1. The Morgan fingerprint density at radius 2 is 2.00 bits per heavy atom. The number of amides is 1. The van der Waals surface area contributed by atoms with Crippen LogP contribution in [0.25, 0.3) is 0 Å². The van der Waals surface area contributed by atoms with Crippen molar-refractivity contribution in [3.05, 3.63) is 29.8 Å². The van der Waals surface area contributed by atoms with Gasteiger partial charge in [-0.25, -0.2) is 0 Å². The number of benzene rings is 1. The van der Waals surface area contributed by atoms with Gasteiger partial charge in [0.25, 0.3) is 0 Å². The fourth-order valence-electron chi connectivity index (χ4n) is 2.35. The summed E-state index contributed by atoms with van der Waals surface area (Å²) in [5, 5.41) is 0. The third-order valence-corrected chi connectivity index (χ3v) is 3.48. The number of rotatable bonds is 1. The Balaban J connectivity index is 2.17. The van der Waals surface area contributed by atoms with Crippen LogP contribution >= 0.6 is 0 Å². The van der Waals surface area contributed by atoms with Crippen molar-refractivity contribution >= 4 is 11.6 Å². The van der Waals surface area contributed by atoms with Gasteiger partial charge in [0.15, 0.2) is 0 Å². The van der Waals surface area contributed by atoms with E-state index < -0.39 is 0 Å². The van der Waals surface area contributed by atoms with E-state index in [4.69, 9.17) is 11.5 Å². The SMILES string of the molecule is CC(=O)N1CC[C@@H](N)[C@H](c2ccc(N)cc2)C1. The average molecular weight is 233 g/mol. The number of carbonyl (C=O) groups is 1. The fraction of sp³-hybridized carbons (Fsp3) is 0.462. The Bertz CT molecular complexity index is 402. The monoisotopic (exact) mass is 233 g/mol. The molecule has 17 heavy (non-hydrogen) atoms. The molecule has 0 aromatic heterocycles. The summed E-state index contributed by atoms with van der Waals surface area (Å²) in [6.45, 7) is 3.08. The first-order valence-electron chi connectivity index (χ1n) is 5.94. The van der Waals surface area contributed by atoms with E-state index in [0.29, 0.717) is 6.54 Å². The zero-order valence-electron chi connectivity index (χ0n) is 10.1. The average Bonchev–Trinajstić information content (AvgIpc) is 2.31. The summed E-state index contributed by atoms with van der Waals surface area (Å²) >= 11 is 0. The molecule has 1 saturated heterocycles. The lowest BCUT2D eigenvalue weighted by Crippen LogP contribution is -2.47. The molecule has 1 aromatic carbocycles. The van der Waals surface area contributed by atoms with Gasteiger partial charge >= 0.3 is 0 Å². The molecule has 0 bridgehead atoms. The lowest BCUT2D eigenvalue weighted by Gasteiger charge is -2.36. The van der Waals surface area contributed by atoms with Gasteiger partial charge < -0.3 is 16.4 Å². The van der Waals surface area contributed by atoms with Crippen molar-refractivity contribution in [2.24, 2.45) is 5.73 Å². The van der Waals surface area contributed by atoms with E-state index in [9.17, 15) is 4.79 Å². The first-order chi connectivity index (χ1) is 8.08. The van der Waals surface area contributed by atoms with Crippen molar-refractivity contribution in [1.82, 2.24) is 4.90 Å². The van der Waals surface area contributed by atoms with Crippen LogP contribution in [0.2, 0.25) is 0 Å². The number of nitrogen functional groups attached to an aromatic ring is 1. The van der Waals surface area contributed by atoms with Crippen LogP contribution in [0.15, 0.2) is 24.3 Å². The van der Waals surface area contributed by atoms with Crippen LogP contribution in [-0.4, -0.2) is 29.9 Å². The van der Waals surface area contributed by atoms with E-state index in [-0.39, 0.29) is 17.9 Å². The zero-order valence-corrected chi connectivity index (χ0v) is 10.1. The summed E-state index contributed by atoms with van der Waals surface area (Å²) < 4.78 is 0. The quantitative estimate of drug-likeness (QED) is 0.709. The third-order valence-electron chi connectivity index (χ3n) is 3.48. The van der Waals surface area contributed by atoms with Crippen LogP contribution in [0, 0.1) is 0 Å². The highest BCUT2D eigenvalue weighted by molar-refractivity contribution is 5.73. The highest BCUT2D eigenvalue weighted by atomic mass is 16.2. The Morgan fingerprint density at radius 3 is 2.59 bits per heavy atom. The Morgan fingerprint density at radius 1 is 1.35 bits per heavy atom. The summed E-state index contributed by atoms with van der Waals surface area (Å²) in [6.07, 6.45) is 0.856. The minimum Gasteiger partial charge on any atom is -0.399 e. The molecule has 1 aromatic rings. The summed E-state index contributed by atoms with van der Waals surface area (Å²) in [6, 6.07) is 7.89. The van der Waals surface area contributed by atoms with Gasteiger partial charge in [-0.3, -0.25) is 4.79 Å². The topological polar surface area (TPSA) is 72.3 Å². The zero-order chi connectivity index (χ0) is 12.4. The fourth-order valence-corrected chi connectivity index (χ4v) is 2.35. The highest BCUT2D eigenvalue weighted by Crippen LogP contribution is 2.26. The second-order valence-electron chi connectivity index (χ2n) is 4.69. The molecular formula is C13H19N3O. The normalized spacial score (nSPS) is 24.7. The number of likely N-dealkylation sites (tertiary alicyclic amines) is 1. The Labute approximate surface area is 102 Å². The van der Waals surface area contributed by atoms with E-state index in [1.165, 1.54) is 0 Å². The largest absolute Gasteiger partial charge is 0.399 e. The van der Waals surface area contributed by atoms with Crippen LogP contribution in [0.4, 0.5) is 5.69 Å². The molecule has 92 valence electrons.